The minimum Gasteiger partial charge on any atom is -0.444 e. The molecule has 0 unspecified atom stereocenters. The Morgan fingerprint density at radius 3 is 2.23 bits per heavy atom. The molecule has 0 bridgehead atoms. The summed E-state index contributed by atoms with van der Waals surface area (Å²) in [6.45, 7) is 13.0. The Balaban J connectivity index is 3.96. The van der Waals surface area contributed by atoms with Gasteiger partial charge in [-0.2, -0.15) is 0 Å². The molecule has 1 atom stereocenters. The van der Waals surface area contributed by atoms with Crippen LogP contribution in [-0.4, -0.2) is 17.7 Å². The number of carbonyl (C=O) groups is 1. The fourth-order valence-corrected chi connectivity index (χ4v) is 0.608. The van der Waals surface area contributed by atoms with E-state index >= 15 is 0 Å². The Hall–Kier alpha value is -0.990. The van der Waals surface area contributed by atoms with Gasteiger partial charge in [-0.05, 0) is 34.6 Å². The largest absolute Gasteiger partial charge is 0.444 e. The van der Waals surface area contributed by atoms with E-state index < -0.39 is 11.7 Å². The number of rotatable bonds is 2. The van der Waals surface area contributed by atoms with E-state index in [2.05, 4.69) is 11.9 Å². The Morgan fingerprint density at radius 1 is 1.46 bits per heavy atom. The maximum absolute atomic E-state index is 11.2. The Bertz CT molecular complexity index is 203. The predicted molar refractivity (Wildman–Crippen MR) is 53.6 cm³/mol. The number of nitrogens with one attached hydrogen (secondary N) is 1. The zero-order valence-electron chi connectivity index (χ0n) is 9.10. The second-order valence-corrected chi connectivity index (χ2v) is 4.21. The van der Waals surface area contributed by atoms with Crippen LogP contribution in [0.5, 0.6) is 0 Å². The summed E-state index contributed by atoms with van der Waals surface area (Å²) in [7, 11) is 0. The summed E-state index contributed by atoms with van der Waals surface area (Å²) in [5.74, 6) is 0. The number of alkyl carbamates (subject to hydrolysis) is 1. The van der Waals surface area contributed by atoms with Gasteiger partial charge in [-0.3, -0.25) is 0 Å². The lowest BCUT2D eigenvalue weighted by Crippen LogP contribution is -2.37. The molecule has 0 aliphatic carbocycles. The lowest BCUT2D eigenvalue weighted by atomic mass is 10.2. The summed E-state index contributed by atoms with van der Waals surface area (Å²) in [5, 5.41) is 2.68. The minimum atomic E-state index is -0.446. The topological polar surface area (TPSA) is 38.3 Å². The van der Waals surface area contributed by atoms with Crippen LogP contribution in [0.25, 0.3) is 0 Å². The summed E-state index contributed by atoms with van der Waals surface area (Å²) in [4.78, 5) is 11.2. The first-order valence-electron chi connectivity index (χ1n) is 4.37. The van der Waals surface area contributed by atoms with Crippen molar-refractivity contribution in [3.8, 4) is 0 Å². The molecular formula is C10H19NO2. The average molecular weight is 185 g/mol. The van der Waals surface area contributed by atoms with Crippen molar-refractivity contribution in [3.05, 3.63) is 12.2 Å². The van der Waals surface area contributed by atoms with Crippen LogP contribution in [0.1, 0.15) is 34.6 Å². The second kappa shape index (κ2) is 4.30. The Labute approximate surface area is 80.2 Å². The highest BCUT2D eigenvalue weighted by atomic mass is 16.6. The third-order valence-corrected chi connectivity index (χ3v) is 1.47. The zero-order chi connectivity index (χ0) is 10.6. The molecule has 0 aromatic rings. The van der Waals surface area contributed by atoms with Crippen molar-refractivity contribution in [2.75, 3.05) is 0 Å². The van der Waals surface area contributed by atoms with Gasteiger partial charge in [0.1, 0.15) is 5.60 Å². The number of hydrogen-bond acceptors (Lipinski definition) is 2. The molecule has 0 spiro atoms. The van der Waals surface area contributed by atoms with E-state index in [4.69, 9.17) is 4.74 Å². The molecule has 13 heavy (non-hydrogen) atoms. The monoisotopic (exact) mass is 185 g/mol. The van der Waals surface area contributed by atoms with Crippen LogP contribution in [0.15, 0.2) is 12.2 Å². The molecule has 0 heterocycles. The molecular weight excluding hydrogens is 166 g/mol. The highest BCUT2D eigenvalue weighted by molar-refractivity contribution is 5.68. The fraction of sp³-hybridized carbons (Fsp3) is 0.700. The molecule has 0 radical (unpaired) electrons. The quantitative estimate of drug-likeness (QED) is 0.671. The summed E-state index contributed by atoms with van der Waals surface area (Å²) in [5.41, 5.74) is 0.463. The lowest BCUT2D eigenvalue weighted by Gasteiger charge is -2.21. The summed E-state index contributed by atoms with van der Waals surface area (Å²) in [6, 6.07) is -0.0464. The zero-order valence-corrected chi connectivity index (χ0v) is 9.10. The van der Waals surface area contributed by atoms with Gasteiger partial charge in [-0.1, -0.05) is 12.2 Å². The van der Waals surface area contributed by atoms with Gasteiger partial charge in [0.2, 0.25) is 0 Å². The van der Waals surface area contributed by atoms with E-state index in [0.29, 0.717) is 0 Å². The van der Waals surface area contributed by atoms with Gasteiger partial charge in [0, 0.05) is 0 Å². The standard InChI is InChI=1S/C10H19NO2/c1-7(2)8(3)11-9(12)13-10(4,5)6/h8H,1H2,2-6H3,(H,11,12)/t8-/m1/s1. The molecule has 0 fully saturated rings. The predicted octanol–water partition coefficient (Wildman–Crippen LogP) is 2.48. The lowest BCUT2D eigenvalue weighted by molar-refractivity contribution is 0.0516. The number of hydrogen-bond donors (Lipinski definition) is 1. The van der Waals surface area contributed by atoms with Gasteiger partial charge < -0.3 is 10.1 Å². The van der Waals surface area contributed by atoms with Gasteiger partial charge in [0.25, 0.3) is 0 Å². The molecule has 3 nitrogen and oxygen atoms in total. The molecule has 3 heteroatoms. The highest BCUT2D eigenvalue weighted by Gasteiger charge is 2.17. The molecule has 1 N–H and O–H groups in total. The van der Waals surface area contributed by atoms with Gasteiger partial charge in [0.05, 0.1) is 6.04 Å². The summed E-state index contributed by atoms with van der Waals surface area (Å²) < 4.78 is 5.07. The van der Waals surface area contributed by atoms with Gasteiger partial charge in [-0.25, -0.2) is 4.79 Å². The number of carbonyl (C=O) groups excluding carboxylic acids is 1. The van der Waals surface area contributed by atoms with E-state index in [1.165, 1.54) is 0 Å². The molecule has 0 saturated heterocycles. The molecule has 0 aliphatic heterocycles. The van der Waals surface area contributed by atoms with Crippen molar-refractivity contribution in [1.82, 2.24) is 5.32 Å². The molecule has 0 rings (SSSR count). The molecule has 76 valence electrons. The van der Waals surface area contributed by atoms with Crippen LogP contribution in [-0.2, 0) is 4.74 Å². The number of ether oxygens (including phenoxy) is 1. The van der Waals surface area contributed by atoms with Crippen LogP contribution in [0.4, 0.5) is 4.79 Å². The van der Waals surface area contributed by atoms with Crippen LogP contribution in [0.2, 0.25) is 0 Å². The minimum absolute atomic E-state index is 0.0464. The SMILES string of the molecule is C=C(C)[C@@H](C)NC(=O)OC(C)(C)C. The first-order chi connectivity index (χ1) is 5.72. The van der Waals surface area contributed by atoms with E-state index in [9.17, 15) is 4.79 Å². The molecule has 0 aromatic carbocycles. The van der Waals surface area contributed by atoms with E-state index in [0.717, 1.165) is 5.57 Å². The molecule has 1 amide bonds. The van der Waals surface area contributed by atoms with E-state index in [1.807, 2.05) is 34.6 Å². The third-order valence-electron chi connectivity index (χ3n) is 1.47. The fourth-order valence-electron chi connectivity index (χ4n) is 0.608. The normalized spacial score (nSPS) is 13.3. The van der Waals surface area contributed by atoms with E-state index in [-0.39, 0.29) is 6.04 Å². The smallest absolute Gasteiger partial charge is 0.408 e. The maximum Gasteiger partial charge on any atom is 0.408 e. The molecule has 0 saturated carbocycles. The van der Waals surface area contributed by atoms with Crippen LogP contribution < -0.4 is 5.32 Å². The third kappa shape index (κ3) is 6.20. The molecule has 0 aliphatic rings. The first-order valence-corrected chi connectivity index (χ1v) is 4.37. The maximum atomic E-state index is 11.2. The number of amides is 1. The van der Waals surface area contributed by atoms with Crippen molar-refractivity contribution in [2.45, 2.75) is 46.3 Å². The van der Waals surface area contributed by atoms with Crippen LogP contribution in [0.3, 0.4) is 0 Å². The van der Waals surface area contributed by atoms with Gasteiger partial charge >= 0.3 is 6.09 Å². The Morgan fingerprint density at radius 2 is 1.92 bits per heavy atom. The van der Waals surface area contributed by atoms with Crippen molar-refractivity contribution < 1.29 is 9.53 Å². The van der Waals surface area contributed by atoms with E-state index in [1.54, 1.807) is 0 Å². The summed E-state index contributed by atoms with van der Waals surface area (Å²) in [6.07, 6.45) is -0.400. The second-order valence-electron chi connectivity index (χ2n) is 4.21. The van der Waals surface area contributed by atoms with Gasteiger partial charge in [0.15, 0.2) is 0 Å². The highest BCUT2D eigenvalue weighted by Crippen LogP contribution is 2.07. The first kappa shape index (κ1) is 12.0. The van der Waals surface area contributed by atoms with Crippen molar-refractivity contribution in [2.24, 2.45) is 0 Å². The summed E-state index contributed by atoms with van der Waals surface area (Å²) >= 11 is 0. The Kier molecular flexibility index (Phi) is 3.98. The van der Waals surface area contributed by atoms with Crippen LogP contribution >= 0.6 is 0 Å². The average Bonchev–Trinajstić information content (AvgIpc) is 1.81. The van der Waals surface area contributed by atoms with Crippen LogP contribution in [0, 0.1) is 0 Å². The van der Waals surface area contributed by atoms with Crippen molar-refractivity contribution in [3.63, 3.8) is 0 Å². The van der Waals surface area contributed by atoms with Crippen molar-refractivity contribution >= 4 is 6.09 Å². The van der Waals surface area contributed by atoms with Crippen molar-refractivity contribution in [1.29, 1.82) is 0 Å². The molecule has 0 aromatic heterocycles. The van der Waals surface area contributed by atoms with Gasteiger partial charge in [-0.15, -0.1) is 0 Å².